The van der Waals surface area contributed by atoms with Crippen molar-refractivity contribution in [1.82, 2.24) is 9.97 Å². The second-order valence-corrected chi connectivity index (χ2v) is 8.67. The van der Waals surface area contributed by atoms with Crippen LogP contribution in [0.3, 0.4) is 0 Å². The van der Waals surface area contributed by atoms with E-state index in [4.69, 9.17) is 5.14 Å². The van der Waals surface area contributed by atoms with Crippen LogP contribution in [0.2, 0.25) is 0 Å². The van der Waals surface area contributed by atoms with Crippen molar-refractivity contribution in [2.75, 3.05) is 10.6 Å². The van der Waals surface area contributed by atoms with E-state index in [2.05, 4.69) is 36.5 Å². The van der Waals surface area contributed by atoms with Crippen LogP contribution in [0.15, 0.2) is 58.0 Å². The molecule has 1 aliphatic heterocycles. The average molecular weight is 446 g/mol. The number of sulfonamides is 1. The number of primary sulfonamides is 1. The lowest BCUT2D eigenvalue weighted by Gasteiger charge is -2.12. The molecule has 0 radical (unpaired) electrons. The number of halogens is 1. The van der Waals surface area contributed by atoms with Gasteiger partial charge in [0.15, 0.2) is 0 Å². The lowest BCUT2D eigenvalue weighted by Crippen LogP contribution is -2.13. The molecule has 0 saturated carbocycles. The van der Waals surface area contributed by atoms with E-state index in [9.17, 15) is 8.42 Å². The Labute approximate surface area is 165 Å². The molecule has 0 aliphatic carbocycles. The first-order valence-corrected chi connectivity index (χ1v) is 10.5. The summed E-state index contributed by atoms with van der Waals surface area (Å²) in [5, 5.41) is 11.7. The Bertz CT molecular complexity index is 1130. The van der Waals surface area contributed by atoms with Gasteiger partial charge in [-0.25, -0.2) is 18.5 Å². The molecular weight excluding hydrogens is 430 g/mol. The maximum Gasteiger partial charge on any atom is 0.238 e. The van der Waals surface area contributed by atoms with Crippen LogP contribution >= 0.6 is 15.9 Å². The molecule has 4 rings (SSSR count). The highest BCUT2D eigenvalue weighted by Gasteiger charge is 2.14. The third-order valence-corrected chi connectivity index (χ3v) is 5.66. The van der Waals surface area contributed by atoms with Crippen molar-refractivity contribution < 1.29 is 8.42 Å². The number of benzene rings is 2. The number of hydrogen-bond acceptors (Lipinski definition) is 6. The predicted molar refractivity (Wildman–Crippen MR) is 108 cm³/mol. The van der Waals surface area contributed by atoms with Gasteiger partial charge < -0.3 is 10.6 Å². The number of fused-ring (bicyclic) bond motifs is 6. The molecule has 1 aromatic heterocycles. The van der Waals surface area contributed by atoms with E-state index in [0.29, 0.717) is 28.3 Å². The van der Waals surface area contributed by atoms with E-state index < -0.39 is 10.0 Å². The van der Waals surface area contributed by atoms with Gasteiger partial charge in [0.05, 0.1) is 9.37 Å². The van der Waals surface area contributed by atoms with Gasteiger partial charge in [-0.3, -0.25) is 0 Å². The van der Waals surface area contributed by atoms with Crippen molar-refractivity contribution in [2.24, 2.45) is 5.14 Å². The molecule has 0 unspecified atom stereocenters. The molecule has 27 heavy (non-hydrogen) atoms. The first-order valence-electron chi connectivity index (χ1n) is 8.19. The molecule has 0 atom stereocenters. The summed E-state index contributed by atoms with van der Waals surface area (Å²) in [6.07, 6.45) is 3.06. The van der Waals surface area contributed by atoms with Gasteiger partial charge in [-0.1, -0.05) is 12.1 Å². The molecule has 3 aromatic rings. The normalized spacial score (nSPS) is 13.4. The summed E-state index contributed by atoms with van der Waals surface area (Å²) in [5.41, 5.74) is 3.46. The van der Waals surface area contributed by atoms with Crippen molar-refractivity contribution in [3.05, 3.63) is 64.3 Å². The number of nitrogens with one attached hydrogen (secondary N) is 2. The first-order chi connectivity index (χ1) is 12.9. The van der Waals surface area contributed by atoms with Crippen molar-refractivity contribution >= 4 is 49.1 Å². The Kier molecular flexibility index (Phi) is 4.58. The minimum atomic E-state index is -3.83. The van der Waals surface area contributed by atoms with Crippen LogP contribution in [-0.4, -0.2) is 18.4 Å². The smallest absolute Gasteiger partial charge is 0.238 e. The number of rotatable bonds is 1. The summed E-state index contributed by atoms with van der Waals surface area (Å²) in [6.45, 7) is 0. The standard InChI is InChI=1S/C18H16BrN5O2S/c19-16-10-21-18-23-13-3-1-2-11(6-13)4-5-12-7-14(22-17(16)24-18)9-15(8-12)27(20,25)26/h1-3,6-10H,4-5H2,(H2,20,25,26)(H2,21,22,23,24). The van der Waals surface area contributed by atoms with Crippen molar-refractivity contribution in [1.29, 1.82) is 0 Å². The molecule has 138 valence electrons. The van der Waals surface area contributed by atoms with Crippen molar-refractivity contribution in [3.8, 4) is 0 Å². The fourth-order valence-corrected chi connectivity index (χ4v) is 3.81. The Morgan fingerprint density at radius 2 is 1.78 bits per heavy atom. The molecule has 4 N–H and O–H groups in total. The molecule has 1 aliphatic rings. The number of anilines is 4. The van der Waals surface area contributed by atoms with Crippen LogP contribution in [0.1, 0.15) is 11.1 Å². The second kappa shape index (κ2) is 6.91. The SMILES string of the molecule is NS(=O)(=O)c1cc2cc(c1)Nc1nc(ncc1Br)Nc1cccc(c1)CC2. The van der Waals surface area contributed by atoms with Gasteiger partial charge in [0.1, 0.15) is 5.82 Å². The van der Waals surface area contributed by atoms with Crippen LogP contribution in [0.25, 0.3) is 0 Å². The topological polar surface area (TPSA) is 110 Å². The van der Waals surface area contributed by atoms with Gasteiger partial charge >= 0.3 is 0 Å². The molecule has 7 nitrogen and oxygen atoms in total. The largest absolute Gasteiger partial charge is 0.339 e. The second-order valence-electron chi connectivity index (χ2n) is 6.25. The van der Waals surface area contributed by atoms with E-state index >= 15 is 0 Å². The van der Waals surface area contributed by atoms with Crippen LogP contribution in [-0.2, 0) is 22.9 Å². The van der Waals surface area contributed by atoms with Gasteiger partial charge in [0, 0.05) is 17.6 Å². The zero-order valence-electron chi connectivity index (χ0n) is 14.1. The third-order valence-electron chi connectivity index (χ3n) is 4.19. The monoisotopic (exact) mass is 445 g/mol. The Morgan fingerprint density at radius 3 is 2.59 bits per heavy atom. The van der Waals surface area contributed by atoms with Crippen LogP contribution in [0, 0.1) is 0 Å². The van der Waals surface area contributed by atoms with Crippen LogP contribution < -0.4 is 15.8 Å². The number of hydrogen-bond donors (Lipinski definition) is 3. The minimum Gasteiger partial charge on any atom is -0.339 e. The van der Waals surface area contributed by atoms with E-state index in [1.165, 1.54) is 6.07 Å². The highest BCUT2D eigenvalue weighted by Crippen LogP contribution is 2.28. The fraction of sp³-hybridized carbons (Fsp3) is 0.111. The molecule has 2 heterocycles. The predicted octanol–water partition coefficient (Wildman–Crippen LogP) is 3.47. The number of nitrogens with zero attached hydrogens (tertiary/aromatic N) is 2. The third kappa shape index (κ3) is 4.10. The maximum atomic E-state index is 11.9. The number of aromatic nitrogens is 2. The number of nitrogens with two attached hydrogens (primary N) is 1. The Balaban J connectivity index is 1.88. The highest BCUT2D eigenvalue weighted by atomic mass is 79.9. The lowest BCUT2D eigenvalue weighted by molar-refractivity contribution is 0.597. The molecular formula is C18H16BrN5O2S. The maximum absolute atomic E-state index is 11.9. The van der Waals surface area contributed by atoms with Gasteiger partial charge in [0.25, 0.3) is 0 Å². The van der Waals surface area contributed by atoms with Gasteiger partial charge in [-0.15, -0.1) is 0 Å². The van der Waals surface area contributed by atoms with E-state index in [1.54, 1.807) is 12.3 Å². The summed E-state index contributed by atoms with van der Waals surface area (Å²) >= 11 is 3.42. The molecule has 6 bridgehead atoms. The molecule has 0 saturated heterocycles. The fourth-order valence-electron chi connectivity index (χ4n) is 2.92. The zero-order chi connectivity index (χ0) is 19.0. The summed E-state index contributed by atoms with van der Waals surface area (Å²) in [5.74, 6) is 0.945. The highest BCUT2D eigenvalue weighted by molar-refractivity contribution is 9.10. The molecule has 0 spiro atoms. The Morgan fingerprint density at radius 1 is 1.00 bits per heavy atom. The van der Waals surface area contributed by atoms with E-state index in [-0.39, 0.29) is 4.90 Å². The lowest BCUT2D eigenvalue weighted by atomic mass is 10.0. The Hall–Kier alpha value is -2.49. The van der Waals surface area contributed by atoms with E-state index in [1.807, 2.05) is 30.3 Å². The minimum absolute atomic E-state index is 0.0645. The molecule has 0 amide bonds. The molecule has 2 aromatic carbocycles. The van der Waals surface area contributed by atoms with Crippen LogP contribution in [0.4, 0.5) is 23.1 Å². The average Bonchev–Trinajstić information content (AvgIpc) is 2.62. The van der Waals surface area contributed by atoms with Gasteiger partial charge in [-0.05, 0) is 70.2 Å². The van der Waals surface area contributed by atoms with Gasteiger partial charge in [-0.2, -0.15) is 4.98 Å². The van der Waals surface area contributed by atoms with Crippen molar-refractivity contribution in [3.63, 3.8) is 0 Å². The molecule has 0 fully saturated rings. The summed E-state index contributed by atoms with van der Waals surface area (Å²) in [7, 11) is -3.83. The summed E-state index contributed by atoms with van der Waals surface area (Å²) in [6, 6.07) is 13.0. The summed E-state index contributed by atoms with van der Waals surface area (Å²) in [4.78, 5) is 8.81. The van der Waals surface area contributed by atoms with Crippen LogP contribution in [0.5, 0.6) is 0 Å². The van der Waals surface area contributed by atoms with Crippen molar-refractivity contribution in [2.45, 2.75) is 17.7 Å². The quantitative estimate of drug-likeness (QED) is 0.528. The zero-order valence-corrected chi connectivity index (χ0v) is 16.5. The molecule has 9 heteroatoms. The summed E-state index contributed by atoms with van der Waals surface area (Å²) < 4.78 is 24.4. The first kappa shape index (κ1) is 17.9. The van der Waals surface area contributed by atoms with E-state index in [0.717, 1.165) is 23.2 Å². The van der Waals surface area contributed by atoms with Gasteiger partial charge in [0.2, 0.25) is 16.0 Å². The number of aryl methyl sites for hydroxylation is 2.